The molecule has 0 aromatic heterocycles. The van der Waals surface area contributed by atoms with Gasteiger partial charge in [-0.2, -0.15) is 0 Å². The lowest BCUT2D eigenvalue weighted by Gasteiger charge is -2.16. The maximum atomic E-state index is 11.1. The van der Waals surface area contributed by atoms with Gasteiger partial charge in [-0.3, -0.25) is 14.5 Å². The van der Waals surface area contributed by atoms with E-state index in [4.69, 9.17) is 4.74 Å². The zero-order valence-corrected chi connectivity index (χ0v) is 8.50. The normalized spacial score (nSPS) is 10.2. The number of esters is 1. The van der Waals surface area contributed by atoms with Crippen molar-refractivity contribution in [3.8, 4) is 0 Å². The fourth-order valence-electron chi connectivity index (χ4n) is 0.858. The van der Waals surface area contributed by atoms with Crippen LogP contribution in [0.5, 0.6) is 0 Å². The molecule has 0 aromatic carbocycles. The predicted molar refractivity (Wildman–Crippen MR) is 49.4 cm³/mol. The zero-order valence-electron chi connectivity index (χ0n) is 8.50. The molecule has 0 saturated carbocycles. The third-order valence-electron chi connectivity index (χ3n) is 1.68. The van der Waals surface area contributed by atoms with Crippen molar-refractivity contribution in [2.24, 2.45) is 0 Å². The first-order valence-electron chi connectivity index (χ1n) is 4.47. The summed E-state index contributed by atoms with van der Waals surface area (Å²) >= 11 is 0. The van der Waals surface area contributed by atoms with Crippen LogP contribution in [-0.2, 0) is 14.3 Å². The molecule has 0 rings (SSSR count). The summed E-state index contributed by atoms with van der Waals surface area (Å²) in [6, 6.07) is 0. The molecule has 0 fully saturated rings. The second-order valence-electron chi connectivity index (χ2n) is 2.82. The lowest BCUT2D eigenvalue weighted by Crippen LogP contribution is -2.31. The van der Waals surface area contributed by atoms with Crippen LogP contribution >= 0.6 is 0 Å². The molecule has 0 heterocycles. The molecule has 0 N–H and O–H groups in total. The van der Waals surface area contributed by atoms with E-state index in [9.17, 15) is 9.59 Å². The van der Waals surface area contributed by atoms with Crippen LogP contribution in [0.1, 0.15) is 20.8 Å². The lowest BCUT2D eigenvalue weighted by atomic mass is 10.4. The van der Waals surface area contributed by atoms with Gasteiger partial charge in [-0.05, 0) is 20.0 Å². The molecule has 0 aromatic rings. The van der Waals surface area contributed by atoms with Gasteiger partial charge in [-0.25, -0.2) is 0 Å². The van der Waals surface area contributed by atoms with Crippen molar-refractivity contribution < 1.29 is 14.3 Å². The Bertz CT molecular complexity index is 176. The van der Waals surface area contributed by atoms with Gasteiger partial charge in [0, 0.05) is 0 Å². The molecule has 0 amide bonds. The van der Waals surface area contributed by atoms with Crippen LogP contribution in [0.3, 0.4) is 0 Å². The Hall–Kier alpha value is -0.900. The van der Waals surface area contributed by atoms with Gasteiger partial charge in [0.1, 0.15) is 6.61 Å². The minimum atomic E-state index is -0.334. The third-order valence-corrected chi connectivity index (χ3v) is 1.68. The molecule has 0 atom stereocenters. The first kappa shape index (κ1) is 12.1. The summed E-state index contributed by atoms with van der Waals surface area (Å²) in [5.41, 5.74) is 0. The number of ether oxygens (including phenoxy) is 1. The minimum absolute atomic E-state index is 0.111. The molecule has 0 radical (unpaired) electrons. The Labute approximate surface area is 78.9 Å². The summed E-state index contributed by atoms with van der Waals surface area (Å²) in [6.45, 7) is 7.12. The summed E-state index contributed by atoms with van der Waals surface area (Å²) in [6.07, 6.45) is 0. The van der Waals surface area contributed by atoms with Gasteiger partial charge in [0.25, 0.3) is 0 Å². The average Bonchev–Trinajstić information content (AvgIpc) is 2.10. The van der Waals surface area contributed by atoms with Crippen molar-refractivity contribution in [1.29, 1.82) is 0 Å². The van der Waals surface area contributed by atoms with E-state index in [0.29, 0.717) is 0 Å². The maximum absolute atomic E-state index is 11.1. The molecular formula is C9H17NO3. The van der Waals surface area contributed by atoms with Gasteiger partial charge in [0.2, 0.25) is 0 Å². The van der Waals surface area contributed by atoms with Gasteiger partial charge < -0.3 is 4.74 Å². The van der Waals surface area contributed by atoms with Gasteiger partial charge in [0.05, 0.1) is 6.54 Å². The second kappa shape index (κ2) is 6.60. The van der Waals surface area contributed by atoms with Crippen molar-refractivity contribution in [3.05, 3.63) is 0 Å². The van der Waals surface area contributed by atoms with E-state index in [1.54, 1.807) is 0 Å². The van der Waals surface area contributed by atoms with Crippen LogP contribution < -0.4 is 0 Å². The molecule has 76 valence electrons. The number of carbonyl (C=O) groups is 2. The highest BCUT2D eigenvalue weighted by Gasteiger charge is 2.08. The molecule has 0 bridgehead atoms. The Morgan fingerprint density at radius 2 is 1.77 bits per heavy atom. The average molecular weight is 187 g/mol. The van der Waals surface area contributed by atoms with Crippen LogP contribution in [0.15, 0.2) is 0 Å². The number of hydrogen-bond donors (Lipinski definition) is 0. The summed E-state index contributed by atoms with van der Waals surface area (Å²) < 4.78 is 4.71. The summed E-state index contributed by atoms with van der Waals surface area (Å²) in [5, 5.41) is 0. The Balaban J connectivity index is 3.66. The van der Waals surface area contributed by atoms with Crippen molar-refractivity contribution in [2.45, 2.75) is 20.8 Å². The fraction of sp³-hybridized carbons (Fsp3) is 0.778. The standard InChI is InChI=1S/C9H17NO3/c1-4-10(5-2)6-9(12)13-7-8(3)11/h4-7H2,1-3H3. The van der Waals surface area contributed by atoms with Crippen molar-refractivity contribution >= 4 is 11.8 Å². The van der Waals surface area contributed by atoms with Gasteiger partial charge in [0.15, 0.2) is 5.78 Å². The Morgan fingerprint density at radius 3 is 2.15 bits per heavy atom. The summed E-state index contributed by atoms with van der Waals surface area (Å²) in [5.74, 6) is -0.466. The zero-order chi connectivity index (χ0) is 10.3. The number of nitrogens with zero attached hydrogens (tertiary/aromatic N) is 1. The second-order valence-corrected chi connectivity index (χ2v) is 2.82. The summed E-state index contributed by atoms with van der Waals surface area (Å²) in [7, 11) is 0. The Kier molecular flexibility index (Phi) is 6.14. The van der Waals surface area contributed by atoms with E-state index in [1.807, 2.05) is 18.7 Å². The molecule has 0 aliphatic carbocycles. The number of likely N-dealkylation sites (N-methyl/N-ethyl adjacent to an activating group) is 1. The first-order chi connectivity index (χ1) is 6.10. The number of ketones is 1. The molecule has 0 aliphatic heterocycles. The van der Waals surface area contributed by atoms with Crippen LogP contribution in [-0.4, -0.2) is 42.9 Å². The van der Waals surface area contributed by atoms with E-state index in [0.717, 1.165) is 13.1 Å². The van der Waals surface area contributed by atoms with E-state index in [1.165, 1.54) is 6.92 Å². The molecule has 4 nitrogen and oxygen atoms in total. The number of Topliss-reactive ketones (excluding diaryl/α,β-unsaturated/α-hetero) is 1. The van der Waals surface area contributed by atoms with Crippen LogP contribution in [0.4, 0.5) is 0 Å². The molecule has 0 aliphatic rings. The fourth-order valence-corrected chi connectivity index (χ4v) is 0.858. The minimum Gasteiger partial charge on any atom is -0.457 e. The molecule has 0 spiro atoms. The smallest absolute Gasteiger partial charge is 0.320 e. The number of carbonyl (C=O) groups excluding carboxylic acids is 2. The topological polar surface area (TPSA) is 46.6 Å². The van der Waals surface area contributed by atoms with Crippen molar-refractivity contribution in [2.75, 3.05) is 26.2 Å². The predicted octanol–water partition coefficient (Wildman–Crippen LogP) is 0.460. The quantitative estimate of drug-likeness (QED) is 0.567. The SMILES string of the molecule is CCN(CC)CC(=O)OCC(C)=O. The molecule has 0 unspecified atom stereocenters. The molecule has 13 heavy (non-hydrogen) atoms. The van der Waals surface area contributed by atoms with Gasteiger partial charge in [-0.15, -0.1) is 0 Å². The monoisotopic (exact) mass is 187 g/mol. The number of hydrogen-bond acceptors (Lipinski definition) is 4. The molecule has 4 heteroatoms. The Morgan fingerprint density at radius 1 is 1.23 bits per heavy atom. The largest absolute Gasteiger partial charge is 0.457 e. The van der Waals surface area contributed by atoms with Crippen LogP contribution in [0.25, 0.3) is 0 Å². The van der Waals surface area contributed by atoms with E-state index in [-0.39, 0.29) is 24.9 Å². The molecule has 0 saturated heterocycles. The lowest BCUT2D eigenvalue weighted by molar-refractivity contribution is -0.148. The van der Waals surface area contributed by atoms with E-state index in [2.05, 4.69) is 0 Å². The first-order valence-corrected chi connectivity index (χ1v) is 4.47. The maximum Gasteiger partial charge on any atom is 0.320 e. The van der Waals surface area contributed by atoms with Crippen LogP contribution in [0.2, 0.25) is 0 Å². The summed E-state index contributed by atoms with van der Waals surface area (Å²) in [4.78, 5) is 23.5. The van der Waals surface area contributed by atoms with Gasteiger partial charge >= 0.3 is 5.97 Å². The highest BCUT2D eigenvalue weighted by atomic mass is 16.5. The van der Waals surface area contributed by atoms with E-state index >= 15 is 0 Å². The number of rotatable bonds is 6. The highest BCUT2D eigenvalue weighted by molar-refractivity contribution is 5.80. The molecular weight excluding hydrogens is 170 g/mol. The van der Waals surface area contributed by atoms with Crippen LogP contribution in [0, 0.1) is 0 Å². The van der Waals surface area contributed by atoms with Crippen molar-refractivity contribution in [3.63, 3.8) is 0 Å². The third kappa shape index (κ3) is 6.28. The van der Waals surface area contributed by atoms with E-state index < -0.39 is 0 Å². The van der Waals surface area contributed by atoms with Crippen molar-refractivity contribution in [1.82, 2.24) is 4.90 Å². The van der Waals surface area contributed by atoms with Gasteiger partial charge in [-0.1, -0.05) is 13.8 Å². The highest BCUT2D eigenvalue weighted by Crippen LogP contribution is 1.89.